The molecule has 0 radical (unpaired) electrons. The van der Waals surface area contributed by atoms with E-state index < -0.39 is 16.7 Å². The summed E-state index contributed by atoms with van der Waals surface area (Å²) in [7, 11) is -1.46. The molecule has 7 heteroatoms. The van der Waals surface area contributed by atoms with Gasteiger partial charge in [0.25, 0.3) is 0 Å². The largest absolute Gasteiger partial charge is 0.399 e. The number of primary amides is 1. The Morgan fingerprint density at radius 2 is 2.25 bits per heavy atom. The summed E-state index contributed by atoms with van der Waals surface area (Å²) in [4.78, 5) is 14.8. The Morgan fingerprint density at radius 3 is 2.94 bits per heavy atom. The van der Waals surface area contributed by atoms with Crippen molar-refractivity contribution >= 4 is 43.9 Å². The molecule has 1 unspecified atom stereocenters. The van der Waals surface area contributed by atoms with Gasteiger partial charge < -0.3 is 11.5 Å². The summed E-state index contributed by atoms with van der Waals surface area (Å²) < 4.78 is 12.9. The molecular formula is C9H9N3O2S2. The molecule has 5 nitrogen and oxygen atoms in total. The Labute approximate surface area is 97.9 Å². The number of nitrogens with zero attached hydrogens (tertiary/aromatic N) is 1. The highest BCUT2D eigenvalue weighted by Crippen LogP contribution is 2.26. The standard InChI is InChI=1S/C9H9N3O2S2/c10-5-1-2-6-7(3-5)15-9(12-6)16(14)4-8(11)13/h1-3H,4,10H2,(H2,11,13). The van der Waals surface area contributed by atoms with E-state index in [4.69, 9.17) is 11.5 Å². The van der Waals surface area contributed by atoms with Gasteiger partial charge in [-0.15, -0.1) is 11.3 Å². The Kier molecular flexibility index (Phi) is 2.88. The molecule has 0 spiro atoms. The average molecular weight is 255 g/mol. The van der Waals surface area contributed by atoms with Gasteiger partial charge >= 0.3 is 0 Å². The second-order valence-corrected chi connectivity index (χ2v) is 5.82. The number of amides is 1. The first kappa shape index (κ1) is 11.0. The van der Waals surface area contributed by atoms with Crippen molar-refractivity contribution < 1.29 is 9.00 Å². The van der Waals surface area contributed by atoms with Crippen LogP contribution in [-0.2, 0) is 15.6 Å². The van der Waals surface area contributed by atoms with E-state index in [-0.39, 0.29) is 5.75 Å². The maximum Gasteiger partial charge on any atom is 0.230 e. The normalized spacial score (nSPS) is 12.8. The number of rotatable bonds is 3. The van der Waals surface area contributed by atoms with E-state index in [2.05, 4.69) is 4.98 Å². The molecule has 0 fully saturated rings. The SMILES string of the molecule is NC(=O)CS(=O)c1nc2ccc(N)cc2s1. The monoisotopic (exact) mass is 255 g/mol. The van der Waals surface area contributed by atoms with E-state index in [0.29, 0.717) is 10.0 Å². The van der Waals surface area contributed by atoms with Crippen molar-refractivity contribution in [3.8, 4) is 0 Å². The molecule has 0 saturated heterocycles. The number of thiazole rings is 1. The molecule has 1 aromatic carbocycles. The molecule has 4 N–H and O–H groups in total. The number of aromatic nitrogens is 1. The molecule has 1 atom stereocenters. The molecule has 1 heterocycles. The van der Waals surface area contributed by atoms with Crippen molar-refractivity contribution in [1.29, 1.82) is 0 Å². The van der Waals surface area contributed by atoms with E-state index in [1.807, 2.05) is 0 Å². The van der Waals surface area contributed by atoms with Gasteiger partial charge in [-0.2, -0.15) is 0 Å². The van der Waals surface area contributed by atoms with E-state index in [1.54, 1.807) is 18.2 Å². The van der Waals surface area contributed by atoms with Gasteiger partial charge in [-0.3, -0.25) is 9.00 Å². The fourth-order valence-corrected chi connectivity index (χ4v) is 3.35. The van der Waals surface area contributed by atoms with Crippen LogP contribution in [0.1, 0.15) is 0 Å². The molecule has 0 aliphatic heterocycles. The number of hydrogen-bond donors (Lipinski definition) is 2. The van der Waals surface area contributed by atoms with Gasteiger partial charge in [0.2, 0.25) is 5.91 Å². The topological polar surface area (TPSA) is 99.1 Å². The van der Waals surface area contributed by atoms with Crippen molar-refractivity contribution in [3.05, 3.63) is 18.2 Å². The number of benzene rings is 1. The van der Waals surface area contributed by atoms with Gasteiger partial charge in [-0.05, 0) is 18.2 Å². The summed E-state index contributed by atoms with van der Waals surface area (Å²) in [5, 5.41) is 0. The van der Waals surface area contributed by atoms with Crippen LogP contribution in [0.2, 0.25) is 0 Å². The quantitative estimate of drug-likeness (QED) is 0.779. The summed E-state index contributed by atoms with van der Waals surface area (Å²) >= 11 is 1.26. The predicted octanol–water partition coefficient (Wildman–Crippen LogP) is 0.471. The van der Waals surface area contributed by atoms with E-state index in [0.717, 1.165) is 10.2 Å². The highest BCUT2D eigenvalue weighted by Gasteiger charge is 2.12. The van der Waals surface area contributed by atoms with Crippen LogP contribution in [0.4, 0.5) is 5.69 Å². The van der Waals surface area contributed by atoms with Crippen LogP contribution in [0.3, 0.4) is 0 Å². The average Bonchev–Trinajstić information content (AvgIpc) is 2.59. The summed E-state index contributed by atoms with van der Waals surface area (Å²) in [6.45, 7) is 0. The Hall–Kier alpha value is -1.47. The van der Waals surface area contributed by atoms with Gasteiger partial charge in [-0.25, -0.2) is 4.98 Å². The minimum Gasteiger partial charge on any atom is -0.399 e. The van der Waals surface area contributed by atoms with Gasteiger partial charge in [0.05, 0.1) is 21.0 Å². The third kappa shape index (κ3) is 2.20. The minimum absolute atomic E-state index is 0.199. The Bertz CT molecular complexity index is 579. The van der Waals surface area contributed by atoms with Crippen molar-refractivity contribution in [2.45, 2.75) is 4.34 Å². The number of hydrogen-bond acceptors (Lipinski definition) is 5. The maximum atomic E-state index is 11.6. The fraction of sp³-hybridized carbons (Fsp3) is 0.111. The second kappa shape index (κ2) is 4.18. The highest BCUT2D eigenvalue weighted by atomic mass is 32.2. The number of carbonyl (C=O) groups excluding carboxylic acids is 1. The van der Waals surface area contributed by atoms with Gasteiger partial charge in [0.15, 0.2) is 4.34 Å². The number of carbonyl (C=O) groups is 1. The second-order valence-electron chi connectivity index (χ2n) is 3.16. The number of fused-ring (bicyclic) bond motifs is 1. The summed E-state index contributed by atoms with van der Waals surface area (Å²) in [6.07, 6.45) is 0. The zero-order valence-corrected chi connectivity index (χ0v) is 9.81. The summed E-state index contributed by atoms with van der Waals surface area (Å²) in [5.74, 6) is -0.799. The molecule has 0 saturated carbocycles. The molecule has 84 valence electrons. The lowest BCUT2D eigenvalue weighted by Crippen LogP contribution is -2.19. The van der Waals surface area contributed by atoms with Crippen LogP contribution in [0.5, 0.6) is 0 Å². The first-order valence-corrected chi connectivity index (χ1v) is 6.52. The maximum absolute atomic E-state index is 11.6. The summed E-state index contributed by atoms with van der Waals surface area (Å²) in [6, 6.07) is 5.24. The Balaban J connectivity index is 2.39. The molecule has 0 aliphatic carbocycles. The van der Waals surface area contributed by atoms with Crippen molar-refractivity contribution in [1.82, 2.24) is 4.98 Å². The van der Waals surface area contributed by atoms with Crippen LogP contribution in [0.15, 0.2) is 22.5 Å². The zero-order chi connectivity index (χ0) is 11.7. The number of nitrogens with two attached hydrogens (primary N) is 2. The predicted molar refractivity (Wildman–Crippen MR) is 64.5 cm³/mol. The van der Waals surface area contributed by atoms with Crippen molar-refractivity contribution in [2.24, 2.45) is 5.73 Å². The summed E-state index contributed by atoms with van der Waals surface area (Å²) in [5.41, 5.74) is 11.9. The van der Waals surface area contributed by atoms with Gasteiger partial charge in [-0.1, -0.05) is 0 Å². The van der Waals surface area contributed by atoms with E-state index >= 15 is 0 Å². The van der Waals surface area contributed by atoms with Crippen LogP contribution in [-0.4, -0.2) is 20.9 Å². The molecule has 0 bridgehead atoms. The first-order valence-electron chi connectivity index (χ1n) is 4.39. The van der Waals surface area contributed by atoms with Crippen LogP contribution >= 0.6 is 11.3 Å². The molecular weight excluding hydrogens is 246 g/mol. The molecule has 0 aliphatic rings. The lowest BCUT2D eigenvalue weighted by atomic mass is 10.3. The smallest absolute Gasteiger partial charge is 0.230 e. The van der Waals surface area contributed by atoms with E-state index in [1.165, 1.54) is 11.3 Å². The lowest BCUT2D eigenvalue weighted by Gasteiger charge is -1.91. The zero-order valence-electron chi connectivity index (χ0n) is 8.17. The van der Waals surface area contributed by atoms with Crippen molar-refractivity contribution in [2.75, 3.05) is 11.5 Å². The van der Waals surface area contributed by atoms with Crippen LogP contribution in [0, 0.1) is 0 Å². The first-order chi connectivity index (χ1) is 7.56. The minimum atomic E-state index is -1.46. The van der Waals surface area contributed by atoms with Gasteiger partial charge in [0, 0.05) is 5.69 Å². The number of nitrogen functional groups attached to an aromatic ring is 1. The third-order valence-electron chi connectivity index (χ3n) is 1.86. The highest BCUT2D eigenvalue weighted by molar-refractivity contribution is 7.88. The molecule has 2 aromatic rings. The van der Waals surface area contributed by atoms with Crippen molar-refractivity contribution in [3.63, 3.8) is 0 Å². The Morgan fingerprint density at radius 1 is 1.50 bits per heavy atom. The van der Waals surface area contributed by atoms with Crippen LogP contribution in [0.25, 0.3) is 10.2 Å². The molecule has 1 aromatic heterocycles. The lowest BCUT2D eigenvalue weighted by molar-refractivity contribution is -0.115. The molecule has 2 rings (SSSR count). The number of anilines is 1. The van der Waals surface area contributed by atoms with E-state index in [9.17, 15) is 9.00 Å². The third-order valence-corrected chi connectivity index (χ3v) is 4.51. The van der Waals surface area contributed by atoms with Gasteiger partial charge in [0.1, 0.15) is 5.75 Å². The molecule has 1 amide bonds. The van der Waals surface area contributed by atoms with Crippen LogP contribution < -0.4 is 11.5 Å². The molecule has 16 heavy (non-hydrogen) atoms. The fourth-order valence-electron chi connectivity index (χ4n) is 1.21.